The van der Waals surface area contributed by atoms with E-state index in [0.29, 0.717) is 19.0 Å². The number of anilines is 1. The average molecular weight is 475 g/mol. The molecule has 1 saturated heterocycles. The number of hydrogen-bond acceptors (Lipinski definition) is 4. The van der Waals surface area contributed by atoms with Gasteiger partial charge in [0.1, 0.15) is 17.4 Å². The quantitative estimate of drug-likeness (QED) is 0.411. The van der Waals surface area contributed by atoms with Crippen molar-refractivity contribution >= 4 is 17.2 Å². The Morgan fingerprint density at radius 3 is 2.69 bits per heavy atom. The normalized spacial score (nSPS) is 15.7. The van der Waals surface area contributed by atoms with Gasteiger partial charge in [-0.05, 0) is 49.2 Å². The van der Waals surface area contributed by atoms with Crippen molar-refractivity contribution in [3.05, 3.63) is 78.4 Å². The molecule has 3 heterocycles. The van der Waals surface area contributed by atoms with Gasteiger partial charge in [0, 0.05) is 24.6 Å². The van der Waals surface area contributed by atoms with Crippen molar-refractivity contribution in [3.8, 4) is 22.9 Å². The minimum atomic E-state index is -0.457. The predicted octanol–water partition coefficient (Wildman–Crippen LogP) is 5.57. The maximum absolute atomic E-state index is 14.1. The molecule has 5 rings (SSSR count). The van der Waals surface area contributed by atoms with Gasteiger partial charge in [-0.3, -0.25) is 4.40 Å². The van der Waals surface area contributed by atoms with Crippen molar-refractivity contribution in [1.29, 1.82) is 0 Å². The van der Waals surface area contributed by atoms with Gasteiger partial charge in [0.2, 0.25) is 0 Å². The fourth-order valence-electron chi connectivity index (χ4n) is 4.68. The Bertz CT molecular complexity index is 1370. The molecule has 4 aromatic rings. The molecule has 0 radical (unpaired) electrons. The third-order valence-electron chi connectivity index (χ3n) is 6.39. The molecule has 1 aliphatic rings. The number of amides is 2. The molecular weight excluding hydrogens is 447 g/mol. The maximum Gasteiger partial charge on any atom is 0.321 e. The Hall–Kier alpha value is -4.07. The molecule has 180 valence electrons. The van der Waals surface area contributed by atoms with Crippen LogP contribution in [-0.2, 0) is 0 Å². The Balaban J connectivity index is 1.50. The van der Waals surface area contributed by atoms with Crippen molar-refractivity contribution < 1.29 is 18.7 Å². The molecule has 35 heavy (non-hydrogen) atoms. The summed E-state index contributed by atoms with van der Waals surface area (Å²) in [6.07, 6.45) is 1.69. The van der Waals surface area contributed by atoms with E-state index < -0.39 is 5.82 Å². The van der Waals surface area contributed by atoms with Crippen molar-refractivity contribution in [2.24, 2.45) is 0 Å². The first-order valence-corrected chi connectivity index (χ1v) is 11.6. The van der Waals surface area contributed by atoms with Crippen LogP contribution in [0.15, 0.2) is 66.7 Å². The number of para-hydroxylation sites is 1. The molecule has 0 spiro atoms. The van der Waals surface area contributed by atoms with Gasteiger partial charge >= 0.3 is 6.03 Å². The molecular formula is C27H27FN4O3. The lowest BCUT2D eigenvalue weighted by Gasteiger charge is -2.32. The van der Waals surface area contributed by atoms with Gasteiger partial charge in [-0.25, -0.2) is 14.2 Å². The van der Waals surface area contributed by atoms with Crippen LogP contribution < -0.4 is 14.8 Å². The first kappa shape index (κ1) is 22.7. The monoisotopic (exact) mass is 474 g/mol. The SMILES string of the molecule is COc1cccc(-c2nc(C3CCCN(C(=O)Nc4ccccc4F)C3)n3c(OC)cccc23)c1. The Morgan fingerprint density at radius 1 is 1.06 bits per heavy atom. The summed E-state index contributed by atoms with van der Waals surface area (Å²) >= 11 is 0. The summed E-state index contributed by atoms with van der Waals surface area (Å²) in [5.41, 5.74) is 2.85. The molecule has 1 fully saturated rings. The smallest absolute Gasteiger partial charge is 0.321 e. The van der Waals surface area contributed by atoms with Gasteiger partial charge in [0.05, 0.1) is 31.1 Å². The largest absolute Gasteiger partial charge is 0.497 e. The molecule has 2 aromatic carbocycles. The highest BCUT2D eigenvalue weighted by atomic mass is 19.1. The Kier molecular flexibility index (Phi) is 6.27. The second-order valence-electron chi connectivity index (χ2n) is 8.53. The van der Waals surface area contributed by atoms with Gasteiger partial charge in [0.15, 0.2) is 5.88 Å². The van der Waals surface area contributed by atoms with Crippen LogP contribution in [0.5, 0.6) is 11.6 Å². The van der Waals surface area contributed by atoms with E-state index in [9.17, 15) is 9.18 Å². The number of nitrogens with zero attached hydrogens (tertiary/aromatic N) is 3. The van der Waals surface area contributed by atoms with Crippen molar-refractivity contribution in [2.75, 3.05) is 32.6 Å². The molecule has 2 aromatic heterocycles. The van der Waals surface area contributed by atoms with E-state index in [1.54, 1.807) is 37.3 Å². The third-order valence-corrected chi connectivity index (χ3v) is 6.39. The fourth-order valence-corrected chi connectivity index (χ4v) is 4.68. The average Bonchev–Trinajstić information content (AvgIpc) is 3.30. The Labute approximate surface area is 203 Å². The number of imidazole rings is 1. The zero-order chi connectivity index (χ0) is 24.4. The maximum atomic E-state index is 14.1. The zero-order valence-corrected chi connectivity index (χ0v) is 19.7. The van der Waals surface area contributed by atoms with Crippen molar-refractivity contribution in [2.45, 2.75) is 18.8 Å². The predicted molar refractivity (Wildman–Crippen MR) is 133 cm³/mol. The summed E-state index contributed by atoms with van der Waals surface area (Å²) in [5, 5.41) is 2.70. The molecule has 1 unspecified atom stereocenters. The first-order chi connectivity index (χ1) is 17.1. The topological polar surface area (TPSA) is 68.1 Å². The number of hydrogen-bond donors (Lipinski definition) is 1. The lowest BCUT2D eigenvalue weighted by atomic mass is 9.97. The van der Waals surface area contributed by atoms with E-state index in [1.807, 2.05) is 46.9 Å². The summed E-state index contributed by atoms with van der Waals surface area (Å²) in [6, 6.07) is 19.5. The summed E-state index contributed by atoms with van der Waals surface area (Å²) < 4.78 is 27.2. The lowest BCUT2D eigenvalue weighted by molar-refractivity contribution is 0.191. The van der Waals surface area contributed by atoms with Crippen LogP contribution in [0.2, 0.25) is 0 Å². The summed E-state index contributed by atoms with van der Waals surface area (Å²) in [4.78, 5) is 19.8. The number of methoxy groups -OCH3 is 2. The van der Waals surface area contributed by atoms with Crippen LogP contribution >= 0.6 is 0 Å². The number of carbonyl (C=O) groups is 1. The van der Waals surface area contributed by atoms with Crippen molar-refractivity contribution in [3.63, 3.8) is 0 Å². The second kappa shape index (κ2) is 9.66. The molecule has 8 heteroatoms. The van der Waals surface area contributed by atoms with Crippen LogP contribution in [0.3, 0.4) is 0 Å². The molecule has 1 N–H and O–H groups in total. The number of rotatable bonds is 5. The number of aromatic nitrogens is 2. The van der Waals surface area contributed by atoms with Crippen LogP contribution in [0.4, 0.5) is 14.9 Å². The highest BCUT2D eigenvalue weighted by Gasteiger charge is 2.30. The van der Waals surface area contributed by atoms with E-state index >= 15 is 0 Å². The highest BCUT2D eigenvalue weighted by Crippen LogP contribution is 2.35. The minimum absolute atomic E-state index is 0.0155. The first-order valence-electron chi connectivity index (χ1n) is 11.6. The van der Waals surface area contributed by atoms with Crippen LogP contribution in [-0.4, -0.2) is 47.6 Å². The molecule has 1 atom stereocenters. The standard InChI is InChI=1S/C27H27FN4O3/c1-34-20-10-5-8-18(16-20)25-23-13-6-14-24(35-2)32(23)26(30-25)19-9-7-15-31(17-19)27(33)29-22-12-4-3-11-21(22)28/h3-6,8,10-14,16,19H,7,9,15,17H2,1-2H3,(H,29,33). The van der Waals surface area contributed by atoms with E-state index in [4.69, 9.17) is 14.5 Å². The molecule has 0 saturated carbocycles. The Morgan fingerprint density at radius 2 is 1.89 bits per heavy atom. The van der Waals surface area contributed by atoms with Crippen LogP contribution in [0, 0.1) is 5.82 Å². The summed E-state index contributed by atoms with van der Waals surface area (Å²) in [6.45, 7) is 1.06. The van der Waals surface area contributed by atoms with Gasteiger partial charge in [0.25, 0.3) is 0 Å². The molecule has 2 amide bonds. The number of ether oxygens (including phenoxy) is 2. The number of carbonyl (C=O) groups excluding carboxylic acids is 1. The number of pyridine rings is 1. The van der Waals surface area contributed by atoms with Gasteiger partial charge in [-0.1, -0.05) is 30.3 Å². The molecule has 7 nitrogen and oxygen atoms in total. The van der Waals surface area contributed by atoms with E-state index in [2.05, 4.69) is 5.32 Å². The van der Waals surface area contributed by atoms with E-state index in [0.717, 1.165) is 41.2 Å². The summed E-state index contributed by atoms with van der Waals surface area (Å²) in [5.74, 6) is 1.78. The van der Waals surface area contributed by atoms with Crippen molar-refractivity contribution in [1.82, 2.24) is 14.3 Å². The number of piperidine rings is 1. The molecule has 0 aliphatic carbocycles. The van der Waals surface area contributed by atoms with Gasteiger partial charge < -0.3 is 19.7 Å². The fraction of sp³-hybridized carbons (Fsp3) is 0.259. The third kappa shape index (κ3) is 4.39. The number of nitrogens with one attached hydrogen (secondary N) is 1. The van der Waals surface area contributed by atoms with Gasteiger partial charge in [-0.15, -0.1) is 0 Å². The zero-order valence-electron chi connectivity index (χ0n) is 19.7. The van der Waals surface area contributed by atoms with Crippen LogP contribution in [0.1, 0.15) is 24.6 Å². The molecule has 1 aliphatic heterocycles. The number of likely N-dealkylation sites (tertiary alicyclic amines) is 1. The second-order valence-corrected chi connectivity index (χ2v) is 8.53. The minimum Gasteiger partial charge on any atom is -0.497 e. The highest BCUT2D eigenvalue weighted by molar-refractivity contribution is 5.89. The van der Waals surface area contributed by atoms with E-state index in [-0.39, 0.29) is 17.6 Å². The van der Waals surface area contributed by atoms with E-state index in [1.165, 1.54) is 6.07 Å². The molecule has 0 bridgehead atoms. The number of halogens is 1. The van der Waals surface area contributed by atoms with Crippen LogP contribution in [0.25, 0.3) is 16.8 Å². The number of fused-ring (bicyclic) bond motifs is 1. The lowest BCUT2D eigenvalue weighted by Crippen LogP contribution is -2.42. The summed E-state index contributed by atoms with van der Waals surface area (Å²) in [7, 11) is 3.28. The number of urea groups is 1. The number of benzene rings is 2. The van der Waals surface area contributed by atoms with Gasteiger partial charge in [-0.2, -0.15) is 0 Å².